The molecule has 17 atom stereocenters. The molecule has 2 N–H and O–H groups in total. The Balaban J connectivity index is 1.81. The molecule has 2 saturated carbocycles. The van der Waals surface area contributed by atoms with Crippen molar-refractivity contribution in [3.63, 3.8) is 0 Å². The number of hydrogen-bond donors (Lipinski definition) is 2. The molecule has 11 heteroatoms. The van der Waals surface area contributed by atoms with E-state index in [0.717, 1.165) is 57.8 Å². The molecule has 65 heavy (non-hydrogen) atoms. The first-order valence-corrected chi connectivity index (χ1v) is 25.6. The van der Waals surface area contributed by atoms with Gasteiger partial charge in [-0.3, -0.25) is 19.2 Å². The molecule has 0 aromatic rings. The maximum Gasteiger partial charge on any atom is 0.309 e. The molecule has 0 radical (unpaired) electrons. The highest BCUT2D eigenvalue weighted by Crippen LogP contribution is 2.43. The summed E-state index contributed by atoms with van der Waals surface area (Å²) in [6.07, 6.45) is 13.0. The summed E-state index contributed by atoms with van der Waals surface area (Å²) in [4.78, 5) is 56.4. The van der Waals surface area contributed by atoms with Crippen LogP contribution in [0.5, 0.6) is 0 Å². The fourth-order valence-corrected chi connectivity index (χ4v) is 11.2. The van der Waals surface area contributed by atoms with E-state index in [9.17, 15) is 29.4 Å². The molecular weight excluding hydrogens is 825 g/mol. The Morgan fingerprint density at radius 2 is 1.52 bits per heavy atom. The number of hydrogen-bond acceptors (Lipinski definition) is 11. The number of aliphatic hydroxyl groups excluding tert-OH is 1. The van der Waals surface area contributed by atoms with Gasteiger partial charge >= 0.3 is 5.97 Å². The highest BCUT2D eigenvalue weighted by atomic mass is 16.6. The molecule has 0 aromatic heterocycles. The van der Waals surface area contributed by atoms with Crippen LogP contribution in [0.25, 0.3) is 0 Å². The minimum Gasteiger partial charge on any atom is -0.461 e. The Kier molecular flexibility index (Phi) is 24.3. The largest absolute Gasteiger partial charge is 0.461 e. The van der Waals surface area contributed by atoms with Gasteiger partial charge < -0.3 is 33.9 Å². The lowest BCUT2D eigenvalue weighted by atomic mass is 9.72. The van der Waals surface area contributed by atoms with Crippen LogP contribution in [0, 0.1) is 59.2 Å². The lowest BCUT2D eigenvalue weighted by Gasteiger charge is -2.43. The first-order chi connectivity index (χ1) is 30.8. The van der Waals surface area contributed by atoms with Gasteiger partial charge in [-0.15, -0.1) is 0 Å². The maximum absolute atomic E-state index is 14.6. The molecule has 0 aromatic carbocycles. The summed E-state index contributed by atoms with van der Waals surface area (Å²) < 4.78 is 30.0. The smallest absolute Gasteiger partial charge is 0.309 e. The lowest BCUT2D eigenvalue weighted by Crippen LogP contribution is -2.54. The zero-order valence-corrected chi connectivity index (χ0v) is 42.7. The highest BCUT2D eigenvalue weighted by Gasteiger charge is 2.51. The van der Waals surface area contributed by atoms with Crippen LogP contribution < -0.4 is 0 Å². The molecule has 3 rings (SSSR count). The van der Waals surface area contributed by atoms with Crippen LogP contribution >= 0.6 is 0 Å². The van der Waals surface area contributed by atoms with E-state index in [1.165, 1.54) is 7.11 Å². The van der Waals surface area contributed by atoms with Crippen molar-refractivity contribution in [2.75, 3.05) is 21.3 Å². The predicted molar refractivity (Wildman–Crippen MR) is 256 cm³/mol. The molecule has 11 nitrogen and oxygen atoms in total. The van der Waals surface area contributed by atoms with Gasteiger partial charge in [0.25, 0.3) is 0 Å². The van der Waals surface area contributed by atoms with E-state index >= 15 is 0 Å². The number of carbonyl (C=O) groups excluding carboxylic acids is 4. The Hall–Kier alpha value is -2.28. The Labute approximate surface area is 393 Å². The van der Waals surface area contributed by atoms with Gasteiger partial charge in [0, 0.05) is 51.4 Å². The Morgan fingerprint density at radius 3 is 2.14 bits per heavy atom. The average molecular weight is 917 g/mol. The SMILES string of the molecule is C=C(C(=O)C1(O)OC(CC(CC(C)/C=C/CC)OC)CCC1C)C1CCCCC1C(=O)OC(CC(=O)C(C)CC(C)C(O)C(OC)C(=O)C(C)CCC)C(C)CC1CCC(C)C(OC)C1. The second-order valence-electron chi connectivity index (χ2n) is 21.1. The van der Waals surface area contributed by atoms with Crippen molar-refractivity contribution in [3.05, 3.63) is 24.3 Å². The summed E-state index contributed by atoms with van der Waals surface area (Å²) in [5, 5.41) is 23.4. The number of esters is 1. The third-order valence-corrected chi connectivity index (χ3v) is 15.7. The van der Waals surface area contributed by atoms with E-state index < -0.39 is 65.4 Å². The van der Waals surface area contributed by atoms with E-state index in [4.69, 9.17) is 23.7 Å². The van der Waals surface area contributed by atoms with Gasteiger partial charge in [0.2, 0.25) is 11.6 Å². The minimum absolute atomic E-state index is 0.00772. The van der Waals surface area contributed by atoms with Gasteiger partial charge in [-0.05, 0) is 119 Å². The number of rotatable bonds is 28. The van der Waals surface area contributed by atoms with Crippen LogP contribution in [0.2, 0.25) is 0 Å². The number of aliphatic hydroxyl groups is 2. The molecule has 1 saturated heterocycles. The van der Waals surface area contributed by atoms with Crippen LogP contribution in [-0.4, -0.2) is 97.3 Å². The van der Waals surface area contributed by atoms with Crippen molar-refractivity contribution in [1.82, 2.24) is 0 Å². The second-order valence-corrected chi connectivity index (χ2v) is 21.1. The molecule has 0 bridgehead atoms. The number of carbonyl (C=O) groups is 4. The quantitative estimate of drug-likeness (QED) is 0.0438. The number of ether oxygens (including phenoxy) is 5. The first-order valence-electron chi connectivity index (χ1n) is 25.6. The minimum atomic E-state index is -2.08. The van der Waals surface area contributed by atoms with E-state index in [1.807, 2.05) is 34.6 Å². The van der Waals surface area contributed by atoms with E-state index in [-0.39, 0.29) is 53.7 Å². The summed E-state index contributed by atoms with van der Waals surface area (Å²) in [7, 11) is 4.88. The average Bonchev–Trinajstić information content (AvgIpc) is 3.28. The summed E-state index contributed by atoms with van der Waals surface area (Å²) in [6.45, 7) is 22.2. The number of methoxy groups -OCH3 is 3. The van der Waals surface area contributed by atoms with E-state index in [2.05, 4.69) is 46.4 Å². The predicted octanol–water partition coefficient (Wildman–Crippen LogP) is 10.2. The molecule has 0 amide bonds. The standard InChI is InChI=1S/C54H92O11/c1-14-16-20-33(3)27-43(61-11)31-42-26-24-39(9)54(60,65-42)52(58)40(10)44-21-17-18-22-45(44)53(59)64-48(37(7)29-41-25-23-34(4)47(30-41)62-12)32-46(55)36(6)28-38(8)50(57)51(63-13)49(56)35(5)19-15-2/h16,20,33-39,41-45,47-48,50-51,57,60H,10,14-15,17-19,21-32H2,1-9,11-13H3/b20-16+. The van der Waals surface area contributed by atoms with Crippen molar-refractivity contribution < 1.29 is 53.1 Å². The Bertz CT molecular complexity index is 1530. The first kappa shape index (κ1) is 57.0. The highest BCUT2D eigenvalue weighted by molar-refractivity contribution is 6.01. The second kappa shape index (κ2) is 27.6. The molecule has 1 aliphatic heterocycles. The van der Waals surface area contributed by atoms with Crippen LogP contribution in [0.1, 0.15) is 171 Å². The van der Waals surface area contributed by atoms with Gasteiger partial charge in [-0.25, -0.2) is 0 Å². The van der Waals surface area contributed by atoms with E-state index in [0.29, 0.717) is 62.7 Å². The van der Waals surface area contributed by atoms with Crippen LogP contribution in [-0.2, 0) is 42.9 Å². The van der Waals surface area contributed by atoms with Crippen molar-refractivity contribution in [2.45, 2.75) is 214 Å². The molecule has 1 heterocycles. The van der Waals surface area contributed by atoms with Gasteiger partial charge in [-0.2, -0.15) is 0 Å². The molecule has 3 fully saturated rings. The van der Waals surface area contributed by atoms with Crippen molar-refractivity contribution in [1.29, 1.82) is 0 Å². The van der Waals surface area contributed by atoms with Crippen LogP contribution in [0.3, 0.4) is 0 Å². The van der Waals surface area contributed by atoms with Crippen molar-refractivity contribution in [2.24, 2.45) is 59.2 Å². The molecule has 17 unspecified atom stereocenters. The van der Waals surface area contributed by atoms with Crippen molar-refractivity contribution in [3.8, 4) is 0 Å². The van der Waals surface area contributed by atoms with Gasteiger partial charge in [0.1, 0.15) is 18.0 Å². The maximum atomic E-state index is 14.6. The fourth-order valence-electron chi connectivity index (χ4n) is 11.2. The van der Waals surface area contributed by atoms with Crippen LogP contribution in [0.4, 0.5) is 0 Å². The fraction of sp³-hybridized carbons (Fsp3) is 0.852. The molecule has 0 spiro atoms. The van der Waals surface area contributed by atoms with Gasteiger partial charge in [0.05, 0.1) is 30.3 Å². The summed E-state index contributed by atoms with van der Waals surface area (Å²) in [6, 6.07) is 0. The Morgan fingerprint density at radius 1 is 0.846 bits per heavy atom. The lowest BCUT2D eigenvalue weighted by molar-refractivity contribution is -0.265. The van der Waals surface area contributed by atoms with E-state index in [1.54, 1.807) is 14.2 Å². The van der Waals surface area contributed by atoms with Crippen LogP contribution in [0.15, 0.2) is 24.3 Å². The monoisotopic (exact) mass is 917 g/mol. The number of ketones is 3. The topological polar surface area (TPSA) is 155 Å². The zero-order valence-electron chi connectivity index (χ0n) is 42.7. The molecule has 3 aliphatic rings. The number of allylic oxidation sites excluding steroid dienone is 2. The molecule has 374 valence electrons. The van der Waals surface area contributed by atoms with Gasteiger partial charge in [-0.1, -0.05) is 100 Å². The zero-order chi connectivity index (χ0) is 48.6. The summed E-state index contributed by atoms with van der Waals surface area (Å²) >= 11 is 0. The molecular formula is C54H92O11. The third-order valence-electron chi connectivity index (χ3n) is 15.7. The molecule has 2 aliphatic carbocycles. The third kappa shape index (κ3) is 16.2. The van der Waals surface area contributed by atoms with Crippen molar-refractivity contribution >= 4 is 23.3 Å². The van der Waals surface area contributed by atoms with Gasteiger partial charge in [0.15, 0.2) is 5.78 Å². The normalized spacial score (nSPS) is 30.6. The number of Topliss-reactive ketones (excluding diaryl/α,β-unsaturated/α-hetero) is 3. The summed E-state index contributed by atoms with van der Waals surface area (Å²) in [5.41, 5.74) is 0.184. The summed E-state index contributed by atoms with van der Waals surface area (Å²) in [5.74, 6) is -5.19.